The van der Waals surface area contributed by atoms with E-state index >= 15 is 0 Å². The molecule has 5 nitrogen and oxygen atoms in total. The van der Waals surface area contributed by atoms with Gasteiger partial charge in [0, 0.05) is 25.6 Å². The molecule has 6 heteroatoms. The Morgan fingerprint density at radius 2 is 2.15 bits per heavy atom. The SMILES string of the molecule is CCCCn1c([C@@H]2CCCN(C(=O)OC(C)(C)C)C2)nc2c(Cl)cccc21. The highest BCUT2D eigenvalue weighted by Gasteiger charge is 2.31. The first-order chi connectivity index (χ1) is 12.8. The predicted octanol–water partition coefficient (Wildman–Crippen LogP) is 5.60. The quantitative estimate of drug-likeness (QED) is 0.681. The lowest BCUT2D eigenvalue weighted by atomic mass is 9.97. The maximum atomic E-state index is 12.5. The molecule has 0 radical (unpaired) electrons. The summed E-state index contributed by atoms with van der Waals surface area (Å²) in [6.45, 7) is 10.2. The van der Waals surface area contributed by atoms with Crippen LogP contribution >= 0.6 is 11.6 Å². The van der Waals surface area contributed by atoms with Crippen LogP contribution in [0.2, 0.25) is 5.02 Å². The number of hydrogen-bond acceptors (Lipinski definition) is 3. The minimum Gasteiger partial charge on any atom is -0.444 e. The molecule has 1 fully saturated rings. The molecule has 0 N–H and O–H groups in total. The molecule has 2 heterocycles. The van der Waals surface area contributed by atoms with Crippen LogP contribution in [0.5, 0.6) is 0 Å². The van der Waals surface area contributed by atoms with Crippen LogP contribution in [0.25, 0.3) is 11.0 Å². The Morgan fingerprint density at radius 3 is 2.85 bits per heavy atom. The second-order valence-corrected chi connectivity index (χ2v) is 8.76. The number of imidazole rings is 1. The number of halogens is 1. The van der Waals surface area contributed by atoms with E-state index in [0.29, 0.717) is 11.6 Å². The van der Waals surface area contributed by atoms with Crippen molar-refractivity contribution < 1.29 is 9.53 Å². The zero-order valence-electron chi connectivity index (χ0n) is 16.8. The number of ether oxygens (including phenoxy) is 1. The van der Waals surface area contributed by atoms with Gasteiger partial charge in [0.05, 0.1) is 10.5 Å². The van der Waals surface area contributed by atoms with Crippen LogP contribution in [0, 0.1) is 0 Å². The number of para-hydroxylation sites is 1. The Hall–Kier alpha value is -1.75. The highest BCUT2D eigenvalue weighted by Crippen LogP contribution is 2.32. The van der Waals surface area contributed by atoms with E-state index in [1.54, 1.807) is 0 Å². The summed E-state index contributed by atoms with van der Waals surface area (Å²) in [6, 6.07) is 5.95. The first-order valence-electron chi connectivity index (χ1n) is 9.92. The van der Waals surface area contributed by atoms with Crippen molar-refractivity contribution in [3.05, 3.63) is 29.0 Å². The summed E-state index contributed by atoms with van der Waals surface area (Å²) >= 11 is 6.41. The Kier molecular flexibility index (Phi) is 5.99. The van der Waals surface area contributed by atoms with E-state index in [9.17, 15) is 4.79 Å². The van der Waals surface area contributed by atoms with Gasteiger partial charge in [-0.2, -0.15) is 0 Å². The van der Waals surface area contributed by atoms with Gasteiger partial charge >= 0.3 is 6.09 Å². The molecule has 1 amide bonds. The molecule has 148 valence electrons. The van der Waals surface area contributed by atoms with E-state index < -0.39 is 5.60 Å². The van der Waals surface area contributed by atoms with Crippen molar-refractivity contribution in [2.45, 2.75) is 71.4 Å². The standard InChI is InChI=1S/C21H30ClN3O2/c1-5-6-13-25-17-11-7-10-16(22)18(17)23-19(25)15-9-8-12-24(14-15)20(26)27-21(2,3)4/h7,10-11,15H,5-6,8-9,12-14H2,1-4H3/t15-/m1/s1. The molecule has 1 aliphatic rings. The number of carbonyl (C=O) groups excluding carboxylic acids is 1. The third-order valence-electron chi connectivity index (χ3n) is 4.93. The topological polar surface area (TPSA) is 47.4 Å². The number of carbonyl (C=O) groups is 1. The van der Waals surface area contributed by atoms with Gasteiger partial charge in [-0.1, -0.05) is 31.0 Å². The molecule has 0 spiro atoms. The van der Waals surface area contributed by atoms with Gasteiger partial charge in [0.15, 0.2) is 0 Å². The number of amides is 1. The van der Waals surface area contributed by atoms with E-state index in [1.165, 1.54) is 0 Å². The number of aromatic nitrogens is 2. The number of benzene rings is 1. The van der Waals surface area contributed by atoms with Gasteiger partial charge in [0.2, 0.25) is 0 Å². The van der Waals surface area contributed by atoms with Gasteiger partial charge in [0.1, 0.15) is 16.9 Å². The summed E-state index contributed by atoms with van der Waals surface area (Å²) in [6.07, 6.45) is 3.95. The van der Waals surface area contributed by atoms with Crippen LogP contribution in [-0.2, 0) is 11.3 Å². The van der Waals surface area contributed by atoms with Gasteiger partial charge in [-0.15, -0.1) is 0 Å². The summed E-state index contributed by atoms with van der Waals surface area (Å²) in [4.78, 5) is 19.3. The fraction of sp³-hybridized carbons (Fsp3) is 0.619. The average molecular weight is 392 g/mol. The summed E-state index contributed by atoms with van der Waals surface area (Å²) in [5.74, 6) is 1.24. The number of nitrogens with zero attached hydrogens (tertiary/aromatic N) is 3. The van der Waals surface area contributed by atoms with E-state index in [0.717, 1.165) is 55.6 Å². The fourth-order valence-corrected chi connectivity index (χ4v) is 3.89. The van der Waals surface area contributed by atoms with E-state index in [2.05, 4.69) is 17.6 Å². The van der Waals surface area contributed by atoms with Crippen molar-refractivity contribution in [2.24, 2.45) is 0 Å². The Bertz CT molecular complexity index is 810. The summed E-state index contributed by atoms with van der Waals surface area (Å²) in [5.41, 5.74) is 1.46. The highest BCUT2D eigenvalue weighted by molar-refractivity contribution is 6.34. The monoisotopic (exact) mass is 391 g/mol. The second-order valence-electron chi connectivity index (χ2n) is 8.35. The largest absolute Gasteiger partial charge is 0.444 e. The van der Waals surface area contributed by atoms with Crippen molar-refractivity contribution >= 4 is 28.7 Å². The molecule has 0 bridgehead atoms. The second kappa shape index (κ2) is 8.09. The Labute approximate surface area is 166 Å². The molecule has 1 atom stereocenters. The fourth-order valence-electron chi connectivity index (χ4n) is 3.67. The number of aryl methyl sites for hydroxylation is 1. The number of likely N-dealkylation sites (tertiary alicyclic amines) is 1. The van der Waals surface area contributed by atoms with E-state index in [4.69, 9.17) is 21.3 Å². The molecule has 0 unspecified atom stereocenters. The average Bonchev–Trinajstić information content (AvgIpc) is 2.98. The van der Waals surface area contributed by atoms with Crippen LogP contribution in [-0.4, -0.2) is 39.2 Å². The number of rotatable bonds is 4. The number of hydrogen-bond donors (Lipinski definition) is 0. The minimum atomic E-state index is -0.480. The molecule has 27 heavy (non-hydrogen) atoms. The summed E-state index contributed by atoms with van der Waals surface area (Å²) in [7, 11) is 0. The molecule has 0 saturated carbocycles. The Balaban J connectivity index is 1.89. The van der Waals surface area contributed by atoms with Crippen LogP contribution in [0.4, 0.5) is 4.79 Å². The van der Waals surface area contributed by atoms with E-state index in [1.807, 2.05) is 37.8 Å². The smallest absolute Gasteiger partial charge is 0.410 e. The van der Waals surface area contributed by atoms with Gasteiger partial charge in [0.25, 0.3) is 0 Å². The molecule has 1 aromatic carbocycles. The number of fused-ring (bicyclic) bond motifs is 1. The van der Waals surface area contributed by atoms with Crippen molar-refractivity contribution in [1.29, 1.82) is 0 Å². The first-order valence-corrected chi connectivity index (χ1v) is 10.3. The molecule has 2 aromatic rings. The van der Waals surface area contributed by atoms with Crippen LogP contribution in [0.15, 0.2) is 18.2 Å². The molecular weight excluding hydrogens is 362 g/mol. The van der Waals surface area contributed by atoms with Crippen molar-refractivity contribution in [3.8, 4) is 0 Å². The highest BCUT2D eigenvalue weighted by atomic mass is 35.5. The summed E-state index contributed by atoms with van der Waals surface area (Å²) < 4.78 is 7.87. The Morgan fingerprint density at radius 1 is 1.37 bits per heavy atom. The van der Waals surface area contributed by atoms with Gasteiger partial charge in [-0.05, 0) is 52.2 Å². The van der Waals surface area contributed by atoms with Gasteiger partial charge in [-0.3, -0.25) is 0 Å². The molecular formula is C21H30ClN3O2. The normalized spacial score (nSPS) is 18.1. The van der Waals surface area contributed by atoms with Crippen LogP contribution in [0.1, 0.15) is 65.1 Å². The molecule has 1 saturated heterocycles. The third kappa shape index (κ3) is 4.57. The zero-order valence-corrected chi connectivity index (χ0v) is 17.6. The summed E-state index contributed by atoms with van der Waals surface area (Å²) in [5, 5.41) is 0.684. The maximum absolute atomic E-state index is 12.5. The zero-order chi connectivity index (χ0) is 19.6. The lowest BCUT2D eigenvalue weighted by Crippen LogP contribution is -2.42. The minimum absolute atomic E-state index is 0.201. The van der Waals surface area contributed by atoms with E-state index in [-0.39, 0.29) is 12.0 Å². The van der Waals surface area contributed by atoms with Gasteiger partial charge in [-0.25, -0.2) is 9.78 Å². The van der Waals surface area contributed by atoms with Crippen molar-refractivity contribution in [2.75, 3.05) is 13.1 Å². The molecule has 1 aliphatic heterocycles. The predicted molar refractivity (Wildman–Crippen MR) is 109 cm³/mol. The number of piperidine rings is 1. The van der Waals surface area contributed by atoms with Crippen LogP contribution < -0.4 is 0 Å². The molecule has 1 aromatic heterocycles. The number of unbranched alkanes of at least 4 members (excludes halogenated alkanes) is 1. The lowest BCUT2D eigenvalue weighted by molar-refractivity contribution is 0.0195. The lowest BCUT2D eigenvalue weighted by Gasteiger charge is -2.34. The first kappa shape index (κ1) is 20.0. The molecule has 0 aliphatic carbocycles. The van der Waals surface area contributed by atoms with Crippen LogP contribution in [0.3, 0.4) is 0 Å². The van der Waals surface area contributed by atoms with Crippen molar-refractivity contribution in [1.82, 2.24) is 14.5 Å². The van der Waals surface area contributed by atoms with Gasteiger partial charge < -0.3 is 14.2 Å². The maximum Gasteiger partial charge on any atom is 0.410 e. The molecule has 3 rings (SSSR count). The van der Waals surface area contributed by atoms with Crippen molar-refractivity contribution in [3.63, 3.8) is 0 Å². The third-order valence-corrected chi connectivity index (χ3v) is 5.24.